The number of rotatable bonds is 6. The van der Waals surface area contributed by atoms with Gasteiger partial charge in [0.2, 0.25) is 0 Å². The van der Waals surface area contributed by atoms with Crippen molar-refractivity contribution in [2.24, 2.45) is 5.92 Å². The summed E-state index contributed by atoms with van der Waals surface area (Å²) in [5, 5.41) is 4.47. The standard InChI is InChI=1S/C11H23NS2/c1-3-4-10(2)7-12-8-11-9-13-5-6-14-11/h10-12H,3-9H2,1-2H3. The van der Waals surface area contributed by atoms with E-state index in [0.29, 0.717) is 0 Å². The molecule has 0 aliphatic carbocycles. The SMILES string of the molecule is CCCC(C)CNCC1CSCCS1. The average molecular weight is 233 g/mol. The molecule has 1 N–H and O–H groups in total. The van der Waals surface area contributed by atoms with Crippen LogP contribution in [0.5, 0.6) is 0 Å². The first-order valence-electron chi connectivity index (χ1n) is 5.73. The molecule has 0 aromatic heterocycles. The monoisotopic (exact) mass is 233 g/mol. The van der Waals surface area contributed by atoms with Gasteiger partial charge in [-0.15, -0.1) is 0 Å². The second-order valence-electron chi connectivity index (χ2n) is 4.12. The van der Waals surface area contributed by atoms with E-state index in [4.69, 9.17) is 0 Å². The van der Waals surface area contributed by atoms with Gasteiger partial charge >= 0.3 is 0 Å². The van der Waals surface area contributed by atoms with Crippen LogP contribution in [0.3, 0.4) is 0 Å². The zero-order valence-corrected chi connectivity index (χ0v) is 11.1. The molecule has 2 unspecified atom stereocenters. The molecule has 1 fully saturated rings. The summed E-state index contributed by atoms with van der Waals surface area (Å²) in [6, 6.07) is 0. The van der Waals surface area contributed by atoms with Crippen LogP contribution >= 0.6 is 23.5 Å². The van der Waals surface area contributed by atoms with E-state index in [9.17, 15) is 0 Å². The highest BCUT2D eigenvalue weighted by Gasteiger charge is 2.13. The Morgan fingerprint density at radius 3 is 2.93 bits per heavy atom. The van der Waals surface area contributed by atoms with E-state index in [0.717, 1.165) is 11.2 Å². The third-order valence-corrected chi connectivity index (χ3v) is 5.38. The van der Waals surface area contributed by atoms with Crippen LogP contribution in [0.4, 0.5) is 0 Å². The second-order valence-corrected chi connectivity index (χ2v) is 6.68. The van der Waals surface area contributed by atoms with Gasteiger partial charge in [0.25, 0.3) is 0 Å². The molecule has 0 saturated carbocycles. The van der Waals surface area contributed by atoms with Crippen molar-refractivity contribution in [1.82, 2.24) is 5.32 Å². The highest BCUT2D eigenvalue weighted by molar-refractivity contribution is 8.06. The zero-order valence-electron chi connectivity index (χ0n) is 9.42. The van der Waals surface area contributed by atoms with E-state index >= 15 is 0 Å². The minimum atomic E-state index is 0.848. The summed E-state index contributed by atoms with van der Waals surface area (Å²) in [5.74, 6) is 4.90. The molecule has 0 bridgehead atoms. The molecule has 0 radical (unpaired) electrons. The molecule has 1 saturated heterocycles. The van der Waals surface area contributed by atoms with Gasteiger partial charge in [0.1, 0.15) is 0 Å². The quantitative estimate of drug-likeness (QED) is 0.758. The first kappa shape index (κ1) is 12.7. The van der Waals surface area contributed by atoms with E-state index in [-0.39, 0.29) is 0 Å². The van der Waals surface area contributed by atoms with Gasteiger partial charge in [0.05, 0.1) is 0 Å². The maximum atomic E-state index is 3.61. The first-order valence-corrected chi connectivity index (χ1v) is 7.93. The Labute approximate surface area is 97.2 Å². The number of hydrogen-bond donors (Lipinski definition) is 1. The van der Waals surface area contributed by atoms with Crippen molar-refractivity contribution >= 4 is 23.5 Å². The van der Waals surface area contributed by atoms with Crippen LogP contribution in [-0.4, -0.2) is 35.6 Å². The number of nitrogens with one attached hydrogen (secondary N) is 1. The Morgan fingerprint density at radius 1 is 1.43 bits per heavy atom. The molecule has 0 spiro atoms. The molecule has 2 atom stereocenters. The fourth-order valence-corrected chi connectivity index (χ4v) is 4.39. The minimum Gasteiger partial charge on any atom is -0.315 e. The van der Waals surface area contributed by atoms with Crippen LogP contribution in [0.25, 0.3) is 0 Å². The van der Waals surface area contributed by atoms with E-state index < -0.39 is 0 Å². The first-order chi connectivity index (χ1) is 6.83. The lowest BCUT2D eigenvalue weighted by atomic mass is 10.1. The van der Waals surface area contributed by atoms with E-state index in [1.54, 1.807) is 0 Å². The minimum absolute atomic E-state index is 0.848. The lowest BCUT2D eigenvalue weighted by Gasteiger charge is -2.22. The third kappa shape index (κ3) is 5.52. The summed E-state index contributed by atoms with van der Waals surface area (Å²) < 4.78 is 0. The van der Waals surface area contributed by atoms with Gasteiger partial charge in [-0.3, -0.25) is 0 Å². The van der Waals surface area contributed by atoms with E-state index in [1.807, 2.05) is 0 Å². The lowest BCUT2D eigenvalue weighted by Crippen LogP contribution is -2.31. The van der Waals surface area contributed by atoms with Gasteiger partial charge in [-0.2, -0.15) is 23.5 Å². The molecule has 3 heteroatoms. The molecule has 0 aromatic carbocycles. The summed E-state index contributed by atoms with van der Waals surface area (Å²) in [6.45, 7) is 7.03. The highest BCUT2D eigenvalue weighted by atomic mass is 32.2. The topological polar surface area (TPSA) is 12.0 Å². The second kappa shape index (κ2) is 7.89. The normalized spacial score (nSPS) is 24.9. The van der Waals surface area contributed by atoms with Crippen LogP contribution in [0.15, 0.2) is 0 Å². The summed E-state index contributed by atoms with van der Waals surface area (Å²) in [7, 11) is 0. The van der Waals surface area contributed by atoms with Crippen LogP contribution < -0.4 is 5.32 Å². The zero-order chi connectivity index (χ0) is 10.2. The van der Waals surface area contributed by atoms with Gasteiger partial charge in [-0.25, -0.2) is 0 Å². The molecule has 1 aliphatic rings. The summed E-state index contributed by atoms with van der Waals surface area (Å²) in [6.07, 6.45) is 2.68. The average Bonchev–Trinajstić information content (AvgIpc) is 2.20. The molecular formula is C11H23NS2. The molecule has 1 rings (SSSR count). The molecule has 84 valence electrons. The van der Waals surface area contributed by atoms with Gasteiger partial charge in [-0.1, -0.05) is 20.3 Å². The third-order valence-electron chi connectivity index (χ3n) is 2.53. The molecule has 1 aliphatic heterocycles. The van der Waals surface area contributed by atoms with Crippen molar-refractivity contribution in [3.8, 4) is 0 Å². The predicted molar refractivity (Wildman–Crippen MR) is 70.5 cm³/mol. The van der Waals surface area contributed by atoms with Crippen LogP contribution in [0.2, 0.25) is 0 Å². The Balaban J connectivity index is 1.96. The largest absolute Gasteiger partial charge is 0.315 e. The maximum absolute atomic E-state index is 3.61. The molecule has 1 heterocycles. The van der Waals surface area contributed by atoms with Crippen molar-refractivity contribution in [3.63, 3.8) is 0 Å². The maximum Gasteiger partial charge on any atom is 0.0263 e. The molecule has 0 aromatic rings. The smallest absolute Gasteiger partial charge is 0.0263 e. The summed E-state index contributed by atoms with van der Waals surface area (Å²) >= 11 is 4.26. The Bertz CT molecular complexity index is 135. The fourth-order valence-electron chi connectivity index (χ4n) is 1.74. The van der Waals surface area contributed by atoms with Gasteiger partial charge < -0.3 is 5.32 Å². The van der Waals surface area contributed by atoms with Gasteiger partial charge in [0.15, 0.2) is 0 Å². The van der Waals surface area contributed by atoms with Crippen molar-refractivity contribution in [3.05, 3.63) is 0 Å². The van der Waals surface area contributed by atoms with E-state index in [1.165, 1.54) is 43.2 Å². The number of hydrogen-bond acceptors (Lipinski definition) is 3. The Morgan fingerprint density at radius 2 is 2.29 bits per heavy atom. The number of thioether (sulfide) groups is 2. The fraction of sp³-hybridized carbons (Fsp3) is 1.00. The lowest BCUT2D eigenvalue weighted by molar-refractivity contribution is 0.478. The predicted octanol–water partition coefficient (Wildman–Crippen LogP) is 2.86. The molecular weight excluding hydrogens is 210 g/mol. The van der Waals surface area contributed by atoms with Crippen molar-refractivity contribution in [1.29, 1.82) is 0 Å². The Kier molecular flexibility index (Phi) is 7.17. The van der Waals surface area contributed by atoms with Crippen LogP contribution in [-0.2, 0) is 0 Å². The van der Waals surface area contributed by atoms with E-state index in [2.05, 4.69) is 42.7 Å². The van der Waals surface area contributed by atoms with Crippen molar-refractivity contribution in [2.75, 3.05) is 30.3 Å². The van der Waals surface area contributed by atoms with Gasteiger partial charge in [0, 0.05) is 29.1 Å². The Hall–Kier alpha value is 0.660. The summed E-state index contributed by atoms with van der Waals surface area (Å²) in [4.78, 5) is 0. The molecule has 0 amide bonds. The summed E-state index contributed by atoms with van der Waals surface area (Å²) in [5.41, 5.74) is 0. The van der Waals surface area contributed by atoms with Crippen LogP contribution in [0.1, 0.15) is 26.7 Å². The highest BCUT2D eigenvalue weighted by Crippen LogP contribution is 2.23. The van der Waals surface area contributed by atoms with Gasteiger partial charge in [-0.05, 0) is 18.9 Å². The molecule has 14 heavy (non-hydrogen) atoms. The van der Waals surface area contributed by atoms with Crippen molar-refractivity contribution in [2.45, 2.75) is 31.9 Å². The van der Waals surface area contributed by atoms with Crippen molar-refractivity contribution < 1.29 is 0 Å². The molecule has 1 nitrogen and oxygen atoms in total. The van der Waals surface area contributed by atoms with Crippen LogP contribution in [0, 0.1) is 5.92 Å².